The Morgan fingerprint density at radius 1 is 1.00 bits per heavy atom. The van der Waals surface area contributed by atoms with Crippen LogP contribution in [0.15, 0.2) is 70.9 Å². The van der Waals surface area contributed by atoms with Gasteiger partial charge in [0.2, 0.25) is 0 Å². The molecule has 28 heavy (non-hydrogen) atoms. The van der Waals surface area contributed by atoms with Crippen LogP contribution in [-0.4, -0.2) is 18.2 Å². The summed E-state index contributed by atoms with van der Waals surface area (Å²) in [5.41, 5.74) is 0.300. The van der Waals surface area contributed by atoms with Crippen molar-refractivity contribution < 1.29 is 18.3 Å². The molecule has 0 bridgehead atoms. The third kappa shape index (κ3) is 10.0. The predicted molar refractivity (Wildman–Crippen MR) is 113 cm³/mol. The number of rotatable bonds is 8. The summed E-state index contributed by atoms with van der Waals surface area (Å²) in [6, 6.07) is 0. The average Bonchev–Trinajstić information content (AvgIpc) is 2.61. The molecule has 5 heteroatoms. The third-order valence-electron chi connectivity index (χ3n) is 3.35. The van der Waals surface area contributed by atoms with Gasteiger partial charge in [-0.05, 0) is 59.6 Å². The number of carbonyl (C=O) groups is 1. The van der Waals surface area contributed by atoms with E-state index in [0.29, 0.717) is 12.0 Å². The van der Waals surface area contributed by atoms with Crippen molar-refractivity contribution in [1.82, 2.24) is 5.32 Å². The summed E-state index contributed by atoms with van der Waals surface area (Å²) in [4.78, 5) is 11.9. The SMILES string of the molecule is C\C=C/C(=C\C)C(/F)=C(F)/C(/C=C\C)=C/C(=C/CC)CNC(=O)OC(C)(C)C. The summed E-state index contributed by atoms with van der Waals surface area (Å²) in [5.74, 6) is -1.88. The van der Waals surface area contributed by atoms with Crippen molar-refractivity contribution in [2.45, 2.75) is 60.5 Å². The second-order valence-electron chi connectivity index (χ2n) is 7.01. The smallest absolute Gasteiger partial charge is 0.407 e. The molecule has 3 nitrogen and oxygen atoms in total. The maximum absolute atomic E-state index is 14.8. The van der Waals surface area contributed by atoms with Crippen molar-refractivity contribution in [3.63, 3.8) is 0 Å². The number of ether oxygens (including phenoxy) is 1. The molecule has 0 aliphatic carbocycles. The number of hydrogen-bond donors (Lipinski definition) is 1. The first-order valence-electron chi connectivity index (χ1n) is 9.44. The lowest BCUT2D eigenvalue weighted by Gasteiger charge is -2.19. The van der Waals surface area contributed by atoms with Crippen LogP contribution in [0.2, 0.25) is 0 Å². The summed E-state index contributed by atoms with van der Waals surface area (Å²) in [6.45, 7) is 12.5. The van der Waals surface area contributed by atoms with Gasteiger partial charge in [0, 0.05) is 17.7 Å². The molecule has 0 spiro atoms. The third-order valence-corrected chi connectivity index (χ3v) is 3.35. The van der Waals surface area contributed by atoms with E-state index in [0.717, 1.165) is 0 Å². The van der Waals surface area contributed by atoms with Gasteiger partial charge < -0.3 is 10.1 Å². The molecule has 0 aromatic heterocycles. The van der Waals surface area contributed by atoms with Crippen molar-refractivity contribution >= 4 is 6.09 Å². The van der Waals surface area contributed by atoms with Gasteiger partial charge in [-0.1, -0.05) is 43.4 Å². The van der Waals surface area contributed by atoms with Crippen LogP contribution in [0.3, 0.4) is 0 Å². The molecule has 0 saturated carbocycles. The van der Waals surface area contributed by atoms with Gasteiger partial charge in [-0.15, -0.1) is 0 Å². The maximum Gasteiger partial charge on any atom is 0.407 e. The molecular weight excluding hydrogens is 360 g/mol. The number of hydrogen-bond acceptors (Lipinski definition) is 2. The molecule has 1 N–H and O–H groups in total. The molecular formula is C23H33F2NO2. The molecule has 0 aliphatic rings. The van der Waals surface area contributed by atoms with Crippen molar-refractivity contribution in [3.05, 3.63) is 70.9 Å². The molecule has 0 fully saturated rings. The summed E-state index contributed by atoms with van der Waals surface area (Å²) >= 11 is 0. The summed E-state index contributed by atoms with van der Waals surface area (Å²) in [6.07, 6.45) is 11.3. The van der Waals surface area contributed by atoms with Crippen LogP contribution in [0.25, 0.3) is 0 Å². The quantitative estimate of drug-likeness (QED) is 0.450. The number of halogens is 2. The standard InChI is InChI=1S/C23H33F2NO2/c1-8-12-17(16-26-22(27)28-23(5,6)7)15-19(14-10-3)21(25)20(24)18(11-4)13-9-2/h9-15H,8,16H2,1-7H3,(H,26,27)/b13-9-,14-10-,17-12-,18-11+,19-15+,21-20+. The highest BCUT2D eigenvalue weighted by molar-refractivity contribution is 5.68. The Morgan fingerprint density at radius 2 is 1.54 bits per heavy atom. The molecule has 0 heterocycles. The summed E-state index contributed by atoms with van der Waals surface area (Å²) in [7, 11) is 0. The van der Waals surface area contributed by atoms with Gasteiger partial charge in [0.05, 0.1) is 0 Å². The van der Waals surface area contributed by atoms with Crippen molar-refractivity contribution in [2.75, 3.05) is 6.54 Å². The van der Waals surface area contributed by atoms with E-state index in [9.17, 15) is 13.6 Å². The molecule has 0 aliphatic heterocycles. The fourth-order valence-electron chi connectivity index (χ4n) is 2.23. The molecule has 0 atom stereocenters. The first-order valence-corrected chi connectivity index (χ1v) is 9.44. The second kappa shape index (κ2) is 12.9. The molecule has 0 radical (unpaired) electrons. The van der Waals surface area contributed by atoms with E-state index in [1.54, 1.807) is 53.7 Å². The summed E-state index contributed by atoms with van der Waals surface area (Å²) < 4.78 is 34.6. The van der Waals surface area contributed by atoms with E-state index in [4.69, 9.17) is 4.74 Å². The molecule has 1 amide bonds. The lowest BCUT2D eigenvalue weighted by molar-refractivity contribution is 0.0533. The lowest BCUT2D eigenvalue weighted by Crippen LogP contribution is -2.33. The van der Waals surface area contributed by atoms with Crippen molar-refractivity contribution in [3.8, 4) is 0 Å². The Kier molecular flexibility index (Phi) is 11.8. The van der Waals surface area contributed by atoms with E-state index in [2.05, 4.69) is 5.32 Å². The van der Waals surface area contributed by atoms with Gasteiger partial charge in [-0.25, -0.2) is 13.6 Å². The van der Waals surface area contributed by atoms with E-state index < -0.39 is 23.3 Å². The molecule has 0 aromatic rings. The Bertz CT molecular complexity index is 703. The van der Waals surface area contributed by atoms with E-state index in [1.807, 2.05) is 13.0 Å². The maximum atomic E-state index is 14.8. The zero-order valence-corrected chi connectivity index (χ0v) is 18.0. The van der Waals surface area contributed by atoms with Gasteiger partial charge in [0.1, 0.15) is 5.60 Å². The predicted octanol–water partition coefficient (Wildman–Crippen LogP) is 7.02. The Morgan fingerprint density at radius 3 is 2.00 bits per heavy atom. The fourth-order valence-corrected chi connectivity index (χ4v) is 2.23. The van der Waals surface area contributed by atoms with Gasteiger partial charge >= 0.3 is 6.09 Å². The molecule has 0 unspecified atom stereocenters. The molecule has 0 rings (SSSR count). The van der Waals surface area contributed by atoms with E-state index >= 15 is 0 Å². The van der Waals surface area contributed by atoms with E-state index in [1.165, 1.54) is 24.3 Å². The zero-order valence-electron chi connectivity index (χ0n) is 18.0. The van der Waals surface area contributed by atoms with Crippen molar-refractivity contribution in [1.29, 1.82) is 0 Å². The van der Waals surface area contributed by atoms with Crippen LogP contribution in [0.1, 0.15) is 54.9 Å². The Hall–Kier alpha value is -2.43. The molecule has 156 valence electrons. The minimum absolute atomic E-state index is 0.0922. The fraction of sp³-hybridized carbons (Fsp3) is 0.435. The highest BCUT2D eigenvalue weighted by Gasteiger charge is 2.16. The molecule has 0 aromatic carbocycles. The number of allylic oxidation sites excluding steroid dienone is 10. The second-order valence-corrected chi connectivity index (χ2v) is 7.01. The van der Waals surface area contributed by atoms with Gasteiger partial charge in [-0.3, -0.25) is 0 Å². The van der Waals surface area contributed by atoms with Crippen LogP contribution >= 0.6 is 0 Å². The van der Waals surface area contributed by atoms with E-state index in [-0.39, 0.29) is 17.7 Å². The van der Waals surface area contributed by atoms with Crippen LogP contribution in [0, 0.1) is 0 Å². The Balaban J connectivity index is 5.76. The number of amides is 1. The average molecular weight is 394 g/mol. The lowest BCUT2D eigenvalue weighted by atomic mass is 10.1. The van der Waals surface area contributed by atoms with Gasteiger partial charge in [0.25, 0.3) is 0 Å². The topological polar surface area (TPSA) is 38.3 Å². The largest absolute Gasteiger partial charge is 0.444 e. The Labute approximate surface area is 168 Å². The van der Waals surface area contributed by atoms with Crippen LogP contribution < -0.4 is 5.32 Å². The normalized spacial score (nSPS) is 15.2. The highest BCUT2D eigenvalue weighted by atomic mass is 19.2. The van der Waals surface area contributed by atoms with Crippen LogP contribution in [0.4, 0.5) is 13.6 Å². The number of nitrogens with one attached hydrogen (secondary N) is 1. The first kappa shape index (κ1) is 25.6. The van der Waals surface area contributed by atoms with Gasteiger partial charge in [-0.2, -0.15) is 0 Å². The highest BCUT2D eigenvalue weighted by Crippen LogP contribution is 2.26. The van der Waals surface area contributed by atoms with Crippen LogP contribution in [-0.2, 0) is 4.74 Å². The minimum atomic E-state index is -0.955. The van der Waals surface area contributed by atoms with Crippen LogP contribution in [0.5, 0.6) is 0 Å². The number of carbonyl (C=O) groups excluding carboxylic acids is 1. The minimum Gasteiger partial charge on any atom is -0.444 e. The zero-order chi connectivity index (χ0) is 21.7. The monoisotopic (exact) mass is 393 g/mol. The molecule has 0 saturated heterocycles. The summed E-state index contributed by atoms with van der Waals surface area (Å²) in [5, 5.41) is 2.64. The van der Waals surface area contributed by atoms with Gasteiger partial charge in [0.15, 0.2) is 11.7 Å². The first-order chi connectivity index (χ1) is 13.1. The number of alkyl carbamates (subject to hydrolysis) is 1. The van der Waals surface area contributed by atoms with Crippen molar-refractivity contribution in [2.24, 2.45) is 0 Å².